The number of nitrogens with zero attached hydrogens (tertiary/aromatic N) is 1. The summed E-state index contributed by atoms with van der Waals surface area (Å²) < 4.78 is 5.31. The van der Waals surface area contributed by atoms with Crippen molar-refractivity contribution in [3.63, 3.8) is 0 Å². The van der Waals surface area contributed by atoms with Gasteiger partial charge in [-0.15, -0.1) is 0 Å². The molecule has 1 amide bonds. The van der Waals surface area contributed by atoms with Gasteiger partial charge in [-0.2, -0.15) is 0 Å². The molecule has 3 saturated carbocycles. The number of carbonyl (C=O) groups excluding carboxylic acids is 2. The number of aliphatic hydroxyl groups is 1. The summed E-state index contributed by atoms with van der Waals surface area (Å²) >= 11 is 0. The lowest BCUT2D eigenvalue weighted by Gasteiger charge is -2.60. The van der Waals surface area contributed by atoms with E-state index in [2.05, 4.69) is 19.9 Å². The third-order valence-electron chi connectivity index (χ3n) is 8.75. The van der Waals surface area contributed by atoms with Crippen LogP contribution in [-0.4, -0.2) is 48.2 Å². The van der Waals surface area contributed by atoms with Crippen molar-refractivity contribution >= 4 is 11.9 Å². The van der Waals surface area contributed by atoms with Crippen molar-refractivity contribution in [2.75, 3.05) is 20.3 Å². The fourth-order valence-electron chi connectivity index (χ4n) is 7.37. The van der Waals surface area contributed by atoms with Crippen LogP contribution in [0.5, 0.6) is 0 Å². The van der Waals surface area contributed by atoms with Crippen LogP contribution in [-0.2, 0) is 14.3 Å². The van der Waals surface area contributed by atoms with Crippen molar-refractivity contribution in [1.29, 1.82) is 0 Å². The van der Waals surface area contributed by atoms with Gasteiger partial charge < -0.3 is 14.7 Å². The number of amides is 1. The zero-order valence-corrected chi connectivity index (χ0v) is 16.8. The van der Waals surface area contributed by atoms with E-state index < -0.39 is 0 Å². The van der Waals surface area contributed by atoms with Crippen LogP contribution in [0.25, 0.3) is 0 Å². The minimum atomic E-state index is -0.115. The molecule has 0 radical (unpaired) electrons. The standard InChI is InChI=1S/C22H33NO4/c1-21-10-8-16-14(15(21)5-6-17(21)20(26)27-13-12-24)4-7-18-22(16,2)11-9-19(25)23(18)3/h9,11,14-18,24H,4-8,10,12-13H2,1-3H3/t14-,15-,16+,17?,18?,21-,22+/m0/s1. The average Bonchev–Trinajstić information content (AvgIpc) is 3.00. The number of rotatable bonds is 3. The maximum atomic E-state index is 12.6. The normalized spacial score (nSPS) is 45.9. The van der Waals surface area contributed by atoms with Gasteiger partial charge >= 0.3 is 5.97 Å². The maximum absolute atomic E-state index is 12.6. The molecule has 5 heteroatoms. The SMILES string of the molecule is CN1C(=O)C=C[C@@]2(C)C1CC[C@@H]1[C@H]2CC[C@]2(C)C(C(=O)OCCO)CC[C@@H]12. The molecule has 4 aliphatic rings. The Labute approximate surface area is 162 Å². The number of fused-ring (bicyclic) bond motifs is 5. The van der Waals surface area contributed by atoms with Gasteiger partial charge in [0.1, 0.15) is 6.61 Å². The van der Waals surface area contributed by atoms with Gasteiger partial charge in [-0.25, -0.2) is 0 Å². The first-order chi connectivity index (χ1) is 12.8. The lowest BCUT2D eigenvalue weighted by atomic mass is 9.47. The summed E-state index contributed by atoms with van der Waals surface area (Å²) in [7, 11) is 1.95. The smallest absolute Gasteiger partial charge is 0.309 e. The lowest BCUT2D eigenvalue weighted by molar-refractivity contribution is -0.159. The van der Waals surface area contributed by atoms with Crippen LogP contribution in [0.4, 0.5) is 0 Å². The van der Waals surface area contributed by atoms with Gasteiger partial charge in [0.2, 0.25) is 5.91 Å². The Morgan fingerprint density at radius 3 is 2.74 bits per heavy atom. The molecule has 0 aromatic carbocycles. The van der Waals surface area contributed by atoms with E-state index in [1.54, 1.807) is 6.08 Å². The Morgan fingerprint density at radius 1 is 1.22 bits per heavy atom. The third kappa shape index (κ3) is 2.68. The van der Waals surface area contributed by atoms with Crippen LogP contribution in [0.15, 0.2) is 12.2 Å². The molecule has 7 atom stereocenters. The van der Waals surface area contributed by atoms with Gasteiger partial charge in [-0.3, -0.25) is 9.59 Å². The van der Waals surface area contributed by atoms with Crippen molar-refractivity contribution < 1.29 is 19.4 Å². The highest BCUT2D eigenvalue weighted by atomic mass is 16.5. The minimum Gasteiger partial charge on any atom is -0.463 e. The van der Waals surface area contributed by atoms with E-state index in [-0.39, 0.29) is 41.8 Å². The molecule has 4 rings (SSSR count). The number of aliphatic hydroxyl groups excluding tert-OH is 1. The number of hydrogen-bond acceptors (Lipinski definition) is 4. The van der Waals surface area contributed by atoms with E-state index in [0.29, 0.717) is 23.8 Å². The van der Waals surface area contributed by atoms with Crippen molar-refractivity contribution in [3.05, 3.63) is 12.2 Å². The second kappa shape index (κ2) is 6.61. The summed E-state index contributed by atoms with van der Waals surface area (Å²) in [5.41, 5.74) is 0.0550. The molecule has 1 heterocycles. The Bertz CT molecular complexity index is 661. The van der Waals surface area contributed by atoms with Gasteiger partial charge in [-0.05, 0) is 67.8 Å². The van der Waals surface area contributed by atoms with E-state index >= 15 is 0 Å². The van der Waals surface area contributed by atoms with Crippen molar-refractivity contribution in [1.82, 2.24) is 4.90 Å². The zero-order chi connectivity index (χ0) is 19.4. The average molecular weight is 376 g/mol. The first-order valence-corrected chi connectivity index (χ1v) is 10.6. The molecule has 150 valence electrons. The fraction of sp³-hybridized carbons (Fsp3) is 0.818. The topological polar surface area (TPSA) is 66.8 Å². The summed E-state index contributed by atoms with van der Waals surface area (Å²) in [5.74, 6) is 1.73. The molecule has 0 bridgehead atoms. The summed E-state index contributed by atoms with van der Waals surface area (Å²) in [6, 6.07) is 0.298. The zero-order valence-electron chi connectivity index (χ0n) is 16.8. The molecule has 2 unspecified atom stereocenters. The number of hydrogen-bond donors (Lipinski definition) is 1. The van der Waals surface area contributed by atoms with Gasteiger partial charge in [0.25, 0.3) is 0 Å². The quantitative estimate of drug-likeness (QED) is 0.771. The van der Waals surface area contributed by atoms with Crippen LogP contribution >= 0.6 is 0 Å². The van der Waals surface area contributed by atoms with Crippen LogP contribution < -0.4 is 0 Å². The fourth-order valence-corrected chi connectivity index (χ4v) is 7.37. The molecule has 1 N–H and O–H groups in total. The van der Waals surface area contributed by atoms with E-state index in [4.69, 9.17) is 9.84 Å². The second-order valence-corrected chi connectivity index (χ2v) is 9.68. The Hall–Kier alpha value is -1.36. The number of esters is 1. The lowest BCUT2D eigenvalue weighted by Crippen LogP contribution is -2.59. The predicted molar refractivity (Wildman–Crippen MR) is 102 cm³/mol. The summed E-state index contributed by atoms with van der Waals surface area (Å²) in [5, 5.41) is 8.98. The molecule has 0 saturated heterocycles. The van der Waals surface area contributed by atoms with Crippen molar-refractivity contribution in [2.24, 2.45) is 34.5 Å². The van der Waals surface area contributed by atoms with Crippen molar-refractivity contribution in [2.45, 2.75) is 58.4 Å². The Balaban J connectivity index is 1.58. The molecule has 27 heavy (non-hydrogen) atoms. The van der Waals surface area contributed by atoms with Gasteiger partial charge in [0.05, 0.1) is 12.5 Å². The van der Waals surface area contributed by atoms with Crippen molar-refractivity contribution in [3.8, 4) is 0 Å². The number of carbonyl (C=O) groups is 2. The van der Waals surface area contributed by atoms with Crippen LogP contribution in [0, 0.1) is 34.5 Å². The van der Waals surface area contributed by atoms with Gasteiger partial charge in [-0.1, -0.05) is 19.9 Å². The van der Waals surface area contributed by atoms with Crippen LogP contribution in [0.2, 0.25) is 0 Å². The highest BCUT2D eigenvalue weighted by Crippen LogP contribution is 2.65. The second-order valence-electron chi connectivity index (χ2n) is 9.68. The molecule has 1 aliphatic heterocycles. The van der Waals surface area contributed by atoms with Crippen LogP contribution in [0.3, 0.4) is 0 Å². The molecule has 3 aliphatic carbocycles. The maximum Gasteiger partial charge on any atom is 0.309 e. The first-order valence-electron chi connectivity index (χ1n) is 10.6. The largest absolute Gasteiger partial charge is 0.463 e. The highest BCUT2D eigenvalue weighted by Gasteiger charge is 2.61. The monoisotopic (exact) mass is 375 g/mol. The van der Waals surface area contributed by atoms with E-state index in [1.165, 1.54) is 0 Å². The molecule has 0 aromatic heterocycles. The summed E-state index contributed by atoms with van der Waals surface area (Å²) in [4.78, 5) is 26.7. The third-order valence-corrected chi connectivity index (χ3v) is 8.75. The molecular weight excluding hydrogens is 342 g/mol. The summed E-state index contributed by atoms with van der Waals surface area (Å²) in [6.07, 6.45) is 10.3. The summed E-state index contributed by atoms with van der Waals surface area (Å²) in [6.45, 7) is 4.64. The Morgan fingerprint density at radius 2 is 2.00 bits per heavy atom. The van der Waals surface area contributed by atoms with Gasteiger partial charge in [0, 0.05) is 18.5 Å². The van der Waals surface area contributed by atoms with Crippen LogP contribution in [0.1, 0.15) is 52.4 Å². The van der Waals surface area contributed by atoms with E-state index in [9.17, 15) is 9.59 Å². The Kier molecular flexibility index (Phi) is 4.65. The highest BCUT2D eigenvalue weighted by molar-refractivity contribution is 5.89. The minimum absolute atomic E-state index is 0.0109. The molecule has 0 spiro atoms. The molecular formula is C22H33NO4. The number of ether oxygens (including phenoxy) is 1. The van der Waals surface area contributed by atoms with E-state index in [1.807, 2.05) is 11.9 Å². The first kappa shape index (κ1) is 19.0. The molecule has 0 aromatic rings. The van der Waals surface area contributed by atoms with E-state index in [0.717, 1.165) is 38.5 Å². The predicted octanol–water partition coefficient (Wildman–Crippen LogP) is 2.78. The van der Waals surface area contributed by atoms with Gasteiger partial charge in [0.15, 0.2) is 0 Å². The number of likely N-dealkylation sites (N-methyl/N-ethyl adjacent to an activating group) is 1. The molecule has 3 fully saturated rings. The molecule has 5 nitrogen and oxygen atoms in total.